The van der Waals surface area contributed by atoms with Crippen LogP contribution < -0.4 is 0 Å². The predicted octanol–water partition coefficient (Wildman–Crippen LogP) is 2.86. The molecule has 0 N–H and O–H groups in total. The Morgan fingerprint density at radius 2 is 1.00 bits per heavy atom. The van der Waals surface area contributed by atoms with Crippen molar-refractivity contribution < 1.29 is 0 Å². The van der Waals surface area contributed by atoms with Crippen LogP contribution in [0.15, 0.2) is 0 Å². The first kappa shape index (κ1) is 16.9. The molecule has 0 aromatic carbocycles. The Balaban J connectivity index is -0.0000000720. The van der Waals surface area contributed by atoms with E-state index in [1.807, 2.05) is 0 Å². The second kappa shape index (κ2) is 22.7. The molecule has 0 aliphatic rings. The minimum absolute atomic E-state index is 0. The Bertz CT molecular complexity index is 12.5. The fourth-order valence-corrected chi connectivity index (χ4v) is 0. The van der Waals surface area contributed by atoms with E-state index in [2.05, 4.69) is 27.7 Å². The van der Waals surface area contributed by atoms with Gasteiger partial charge in [-0.25, -0.2) is 0 Å². The van der Waals surface area contributed by atoms with Crippen molar-refractivity contribution in [3.05, 3.63) is 13.8 Å². The van der Waals surface area contributed by atoms with Crippen LogP contribution >= 0.6 is 0 Å². The standard InChI is InChI=1S/2C4H9.Ba/c2*1-3-4-2;/h2*1,3-4H2,2H3;/q2*-1;+2. The minimum atomic E-state index is 0. The summed E-state index contributed by atoms with van der Waals surface area (Å²) in [5.41, 5.74) is 0. The van der Waals surface area contributed by atoms with E-state index in [4.69, 9.17) is 0 Å². The Morgan fingerprint density at radius 3 is 1.00 bits per heavy atom. The Kier molecular flexibility index (Phi) is 42.5. The summed E-state index contributed by atoms with van der Waals surface area (Å²) in [5, 5.41) is 0. The largest absolute Gasteiger partial charge is 2.00 e. The summed E-state index contributed by atoms with van der Waals surface area (Å²) in [6.45, 7) is 11.4. The van der Waals surface area contributed by atoms with Crippen molar-refractivity contribution in [2.75, 3.05) is 0 Å². The van der Waals surface area contributed by atoms with Crippen molar-refractivity contribution in [1.82, 2.24) is 0 Å². The van der Waals surface area contributed by atoms with E-state index in [1.54, 1.807) is 0 Å². The molecule has 0 radical (unpaired) electrons. The van der Waals surface area contributed by atoms with E-state index in [-0.39, 0.29) is 48.9 Å². The van der Waals surface area contributed by atoms with E-state index in [9.17, 15) is 0 Å². The van der Waals surface area contributed by atoms with Crippen LogP contribution in [0.2, 0.25) is 0 Å². The van der Waals surface area contributed by atoms with Crippen molar-refractivity contribution in [3.63, 3.8) is 0 Å². The SMILES string of the molecule is [Ba+2].[CH2-]CCC.[CH2-]CCC. The fraction of sp³-hybridized carbons (Fsp3) is 0.750. The Morgan fingerprint density at radius 1 is 0.889 bits per heavy atom. The Labute approximate surface area is 101 Å². The normalized spacial score (nSPS) is 6.67. The zero-order chi connectivity index (χ0) is 6.83. The van der Waals surface area contributed by atoms with E-state index in [1.165, 1.54) is 12.8 Å². The van der Waals surface area contributed by atoms with Crippen molar-refractivity contribution in [1.29, 1.82) is 0 Å². The smallest absolute Gasteiger partial charge is 0.343 e. The van der Waals surface area contributed by atoms with E-state index < -0.39 is 0 Å². The molecule has 0 amide bonds. The van der Waals surface area contributed by atoms with Crippen molar-refractivity contribution >= 4 is 48.9 Å². The van der Waals surface area contributed by atoms with Gasteiger partial charge in [-0.2, -0.15) is 12.8 Å². The average molecular weight is 252 g/mol. The first-order valence-electron chi connectivity index (χ1n) is 3.41. The summed E-state index contributed by atoms with van der Waals surface area (Å²) >= 11 is 0. The monoisotopic (exact) mass is 252 g/mol. The molecule has 0 spiro atoms. The summed E-state index contributed by atoms with van der Waals surface area (Å²) in [6, 6.07) is 0. The third kappa shape index (κ3) is 43.0. The van der Waals surface area contributed by atoms with Gasteiger partial charge in [0, 0.05) is 0 Å². The zero-order valence-electron chi connectivity index (χ0n) is 6.95. The molecule has 0 heterocycles. The zero-order valence-corrected chi connectivity index (χ0v) is 11.4. The van der Waals surface area contributed by atoms with Crippen LogP contribution in [0.1, 0.15) is 39.5 Å². The average Bonchev–Trinajstić information content (AvgIpc) is 1.88. The number of hydrogen-bond acceptors (Lipinski definition) is 0. The fourth-order valence-electron chi connectivity index (χ4n) is 0. The molecule has 0 aliphatic carbocycles. The van der Waals surface area contributed by atoms with Gasteiger partial charge in [0.05, 0.1) is 0 Å². The van der Waals surface area contributed by atoms with Crippen LogP contribution in [0.4, 0.5) is 0 Å². The number of rotatable bonds is 2. The molecule has 9 heavy (non-hydrogen) atoms. The molecule has 52 valence electrons. The third-order valence-corrected chi connectivity index (χ3v) is 0.707. The third-order valence-electron chi connectivity index (χ3n) is 0.707. The van der Waals surface area contributed by atoms with Crippen LogP contribution in [0, 0.1) is 13.8 Å². The molecule has 0 bridgehead atoms. The van der Waals surface area contributed by atoms with Crippen LogP contribution in [0.25, 0.3) is 0 Å². The molecule has 0 nitrogen and oxygen atoms in total. The van der Waals surface area contributed by atoms with Crippen LogP contribution in [0.3, 0.4) is 0 Å². The van der Waals surface area contributed by atoms with Gasteiger partial charge in [-0.15, -0.1) is 0 Å². The van der Waals surface area contributed by atoms with Gasteiger partial charge < -0.3 is 13.8 Å². The summed E-state index contributed by atoms with van der Waals surface area (Å²) in [5.74, 6) is 0. The summed E-state index contributed by atoms with van der Waals surface area (Å²) < 4.78 is 0. The first-order chi connectivity index (χ1) is 3.83. The molecule has 0 saturated carbocycles. The molecular weight excluding hydrogens is 233 g/mol. The van der Waals surface area contributed by atoms with Gasteiger partial charge in [-0.05, 0) is 0 Å². The minimum Gasteiger partial charge on any atom is -0.343 e. The summed E-state index contributed by atoms with van der Waals surface area (Å²) in [6.07, 6.45) is 4.56. The van der Waals surface area contributed by atoms with Gasteiger partial charge in [0.25, 0.3) is 0 Å². The van der Waals surface area contributed by atoms with Crippen LogP contribution in [-0.2, 0) is 0 Å². The van der Waals surface area contributed by atoms with Crippen molar-refractivity contribution in [2.24, 2.45) is 0 Å². The van der Waals surface area contributed by atoms with Gasteiger partial charge in [0.15, 0.2) is 0 Å². The molecule has 0 aromatic heterocycles. The predicted molar refractivity (Wildman–Crippen MR) is 46.3 cm³/mol. The van der Waals surface area contributed by atoms with Gasteiger partial charge in [-0.3, -0.25) is 0 Å². The molecule has 0 atom stereocenters. The van der Waals surface area contributed by atoms with Crippen molar-refractivity contribution in [2.45, 2.75) is 39.5 Å². The van der Waals surface area contributed by atoms with Gasteiger partial charge in [-0.1, -0.05) is 26.7 Å². The maximum atomic E-state index is 3.60. The molecule has 0 aliphatic heterocycles. The molecule has 0 fully saturated rings. The van der Waals surface area contributed by atoms with Crippen LogP contribution in [0.5, 0.6) is 0 Å². The van der Waals surface area contributed by atoms with E-state index in [0.29, 0.717) is 0 Å². The molecule has 0 saturated heterocycles. The second-order valence-corrected chi connectivity index (χ2v) is 1.71. The van der Waals surface area contributed by atoms with E-state index >= 15 is 0 Å². The van der Waals surface area contributed by atoms with Gasteiger partial charge >= 0.3 is 48.9 Å². The van der Waals surface area contributed by atoms with Gasteiger partial charge in [0.2, 0.25) is 0 Å². The maximum absolute atomic E-state index is 3.60. The second-order valence-electron chi connectivity index (χ2n) is 1.71. The number of hydrogen-bond donors (Lipinski definition) is 0. The van der Waals surface area contributed by atoms with Gasteiger partial charge in [0.1, 0.15) is 0 Å². The first-order valence-corrected chi connectivity index (χ1v) is 3.41. The summed E-state index contributed by atoms with van der Waals surface area (Å²) in [7, 11) is 0. The quantitative estimate of drug-likeness (QED) is 0.523. The number of unbranched alkanes of at least 4 members (excludes halogenated alkanes) is 2. The Hall–Kier alpha value is 1.57. The molecule has 0 rings (SSSR count). The summed E-state index contributed by atoms with van der Waals surface area (Å²) in [4.78, 5) is 0. The molecule has 0 unspecified atom stereocenters. The van der Waals surface area contributed by atoms with Crippen LogP contribution in [-0.4, -0.2) is 48.9 Å². The van der Waals surface area contributed by atoms with E-state index in [0.717, 1.165) is 12.8 Å². The van der Waals surface area contributed by atoms with Crippen molar-refractivity contribution in [3.8, 4) is 0 Å². The molecule has 1 heteroatoms. The maximum Gasteiger partial charge on any atom is 2.00 e. The molecule has 0 aromatic rings. The molecular formula is C8H18Ba. The topological polar surface area (TPSA) is 0 Å².